The molecule has 0 aromatic heterocycles. The number of thioether (sulfide) groups is 1. The Morgan fingerprint density at radius 1 is 0.929 bits per heavy atom. The molecule has 0 radical (unpaired) electrons. The fourth-order valence-electron chi connectivity index (χ4n) is 4.25. The van der Waals surface area contributed by atoms with Gasteiger partial charge in [-0.15, -0.1) is 0 Å². The lowest BCUT2D eigenvalue weighted by molar-refractivity contribution is -0.133. The highest BCUT2D eigenvalue weighted by atomic mass is 32.2. The lowest BCUT2D eigenvalue weighted by atomic mass is 9.92. The minimum Gasteiger partial charge on any atom is -0.339 e. The molecule has 154 valence electrons. The van der Waals surface area contributed by atoms with Gasteiger partial charge in [0.25, 0.3) is 0 Å². The zero-order valence-electron chi connectivity index (χ0n) is 16.3. The molecule has 1 aromatic rings. The van der Waals surface area contributed by atoms with Crippen molar-refractivity contribution in [3.63, 3.8) is 0 Å². The molecule has 0 bridgehead atoms. The Labute approximate surface area is 172 Å². The monoisotopic (exact) mass is 423 g/mol. The summed E-state index contributed by atoms with van der Waals surface area (Å²) in [5.41, 5.74) is 2.47. The van der Waals surface area contributed by atoms with Crippen LogP contribution in [0.1, 0.15) is 24.0 Å². The Kier molecular flexibility index (Phi) is 6.30. The summed E-state index contributed by atoms with van der Waals surface area (Å²) < 4.78 is 27.7. The lowest BCUT2D eigenvalue weighted by Gasteiger charge is -2.35. The molecule has 3 aliphatic rings. The summed E-state index contributed by atoms with van der Waals surface area (Å²) in [4.78, 5) is 17.0. The van der Waals surface area contributed by atoms with Crippen molar-refractivity contribution >= 4 is 27.7 Å². The summed E-state index contributed by atoms with van der Waals surface area (Å²) in [6.07, 6.45) is 4.33. The van der Waals surface area contributed by atoms with Crippen molar-refractivity contribution in [2.75, 3.05) is 57.3 Å². The highest BCUT2D eigenvalue weighted by Crippen LogP contribution is 2.26. The molecule has 1 aliphatic carbocycles. The third kappa shape index (κ3) is 4.40. The van der Waals surface area contributed by atoms with E-state index in [1.807, 2.05) is 28.8 Å². The van der Waals surface area contributed by atoms with Gasteiger partial charge in [0.1, 0.15) is 0 Å². The summed E-state index contributed by atoms with van der Waals surface area (Å²) in [5.74, 6) is 2.29. The molecule has 2 fully saturated rings. The van der Waals surface area contributed by atoms with Gasteiger partial charge in [-0.2, -0.15) is 16.1 Å². The summed E-state index contributed by atoms with van der Waals surface area (Å²) in [6, 6.07) is 5.61. The van der Waals surface area contributed by atoms with Crippen LogP contribution in [0.25, 0.3) is 0 Å². The summed E-state index contributed by atoms with van der Waals surface area (Å²) in [5, 5.41) is 0. The number of amides is 1. The molecule has 2 aliphatic heterocycles. The maximum absolute atomic E-state index is 13.1. The van der Waals surface area contributed by atoms with E-state index in [9.17, 15) is 13.2 Å². The summed E-state index contributed by atoms with van der Waals surface area (Å²) in [6.45, 7) is 4.09. The molecule has 1 aromatic carbocycles. The maximum Gasteiger partial charge on any atom is 0.243 e. The minimum atomic E-state index is -3.49. The molecule has 28 heavy (non-hydrogen) atoms. The van der Waals surface area contributed by atoms with Crippen LogP contribution in [-0.2, 0) is 27.7 Å². The third-order valence-electron chi connectivity index (χ3n) is 6.01. The normalized spacial score (nSPS) is 22.1. The Hall–Kier alpha value is -1.09. The molecule has 0 unspecified atom stereocenters. The van der Waals surface area contributed by atoms with Crippen molar-refractivity contribution in [1.29, 1.82) is 0 Å². The third-order valence-corrected chi connectivity index (χ3v) is 8.85. The molecule has 1 amide bonds. The number of carbonyl (C=O) groups excluding carboxylic acids is 1. The zero-order chi connectivity index (χ0) is 19.6. The smallest absolute Gasteiger partial charge is 0.243 e. The second-order valence-electron chi connectivity index (χ2n) is 7.81. The first-order chi connectivity index (χ1) is 13.5. The average molecular weight is 424 g/mol. The number of benzene rings is 1. The van der Waals surface area contributed by atoms with Crippen molar-refractivity contribution in [2.45, 2.75) is 30.6 Å². The average Bonchev–Trinajstić information content (AvgIpc) is 2.74. The fraction of sp³-hybridized carbons (Fsp3) is 0.650. The van der Waals surface area contributed by atoms with Gasteiger partial charge in [-0.1, -0.05) is 6.07 Å². The first kappa shape index (κ1) is 20.2. The number of piperazine rings is 1. The van der Waals surface area contributed by atoms with Gasteiger partial charge < -0.3 is 4.90 Å². The highest BCUT2D eigenvalue weighted by Gasteiger charge is 2.31. The summed E-state index contributed by atoms with van der Waals surface area (Å²) in [7, 11) is -3.49. The van der Waals surface area contributed by atoms with Gasteiger partial charge in [0, 0.05) is 50.8 Å². The predicted octanol–water partition coefficient (Wildman–Crippen LogP) is 1.45. The molecular weight excluding hydrogens is 394 g/mol. The molecule has 0 spiro atoms. The van der Waals surface area contributed by atoms with Gasteiger partial charge >= 0.3 is 0 Å². The van der Waals surface area contributed by atoms with E-state index >= 15 is 0 Å². The van der Waals surface area contributed by atoms with E-state index in [0.717, 1.165) is 43.9 Å². The predicted molar refractivity (Wildman–Crippen MR) is 112 cm³/mol. The molecule has 0 N–H and O–H groups in total. The molecule has 4 rings (SSSR count). The SMILES string of the molecule is O=C(CN1CCSCC1)N1CCN(S(=O)(=O)c2ccc3c(c2)CCCC3)CC1. The maximum atomic E-state index is 13.1. The molecular formula is C20H29N3O3S2. The van der Waals surface area contributed by atoms with E-state index < -0.39 is 10.0 Å². The van der Waals surface area contributed by atoms with Crippen molar-refractivity contribution in [3.8, 4) is 0 Å². The van der Waals surface area contributed by atoms with Crippen LogP contribution in [-0.4, -0.2) is 85.7 Å². The van der Waals surface area contributed by atoms with Gasteiger partial charge in [-0.05, 0) is 48.9 Å². The standard InChI is InChI=1S/C20H29N3O3S2/c24-20(16-21-11-13-27-14-12-21)22-7-9-23(10-8-22)28(25,26)19-6-5-17-3-1-2-4-18(17)15-19/h5-6,15H,1-4,7-14,16H2. The van der Waals surface area contributed by atoms with Crippen molar-refractivity contribution in [1.82, 2.24) is 14.1 Å². The number of sulfonamides is 1. The van der Waals surface area contributed by atoms with Crippen LogP contribution in [0.3, 0.4) is 0 Å². The van der Waals surface area contributed by atoms with E-state index in [1.165, 1.54) is 17.5 Å². The molecule has 6 nitrogen and oxygen atoms in total. The van der Waals surface area contributed by atoms with Crippen molar-refractivity contribution < 1.29 is 13.2 Å². The fourth-order valence-corrected chi connectivity index (χ4v) is 6.70. The van der Waals surface area contributed by atoms with Crippen LogP contribution in [0.5, 0.6) is 0 Å². The quantitative estimate of drug-likeness (QED) is 0.734. The van der Waals surface area contributed by atoms with E-state index in [2.05, 4.69) is 4.90 Å². The molecule has 0 saturated carbocycles. The van der Waals surface area contributed by atoms with E-state index in [-0.39, 0.29) is 5.91 Å². The van der Waals surface area contributed by atoms with Crippen LogP contribution in [0.4, 0.5) is 0 Å². The van der Waals surface area contributed by atoms with Crippen molar-refractivity contribution in [2.24, 2.45) is 0 Å². The van der Waals surface area contributed by atoms with Crippen LogP contribution in [0.15, 0.2) is 23.1 Å². The molecule has 2 heterocycles. The van der Waals surface area contributed by atoms with Gasteiger partial charge in [-0.25, -0.2) is 8.42 Å². The number of nitrogens with zero attached hydrogens (tertiary/aromatic N) is 3. The number of hydrogen-bond acceptors (Lipinski definition) is 5. The molecule has 2 saturated heterocycles. The Morgan fingerprint density at radius 3 is 2.32 bits per heavy atom. The van der Waals surface area contributed by atoms with Gasteiger partial charge in [-0.3, -0.25) is 9.69 Å². The Balaban J connectivity index is 1.36. The van der Waals surface area contributed by atoms with E-state index in [4.69, 9.17) is 0 Å². The second-order valence-corrected chi connectivity index (χ2v) is 11.0. The second kappa shape index (κ2) is 8.73. The first-order valence-electron chi connectivity index (χ1n) is 10.2. The topological polar surface area (TPSA) is 60.9 Å². The van der Waals surface area contributed by atoms with Gasteiger partial charge in [0.2, 0.25) is 15.9 Å². The minimum absolute atomic E-state index is 0.123. The number of rotatable bonds is 4. The summed E-state index contributed by atoms with van der Waals surface area (Å²) >= 11 is 1.93. The van der Waals surface area contributed by atoms with E-state index in [1.54, 1.807) is 10.4 Å². The largest absolute Gasteiger partial charge is 0.339 e. The Morgan fingerprint density at radius 2 is 1.61 bits per heavy atom. The Bertz CT molecular complexity index is 814. The first-order valence-corrected chi connectivity index (χ1v) is 12.8. The van der Waals surface area contributed by atoms with Crippen LogP contribution in [0.2, 0.25) is 0 Å². The number of fused-ring (bicyclic) bond motifs is 1. The molecule has 8 heteroatoms. The van der Waals surface area contributed by atoms with Crippen molar-refractivity contribution in [3.05, 3.63) is 29.3 Å². The van der Waals surface area contributed by atoms with Gasteiger partial charge in [0.05, 0.1) is 11.4 Å². The van der Waals surface area contributed by atoms with Gasteiger partial charge in [0.15, 0.2) is 0 Å². The number of aryl methyl sites for hydroxylation is 2. The number of carbonyl (C=O) groups is 1. The van der Waals surface area contributed by atoms with E-state index in [0.29, 0.717) is 37.6 Å². The lowest BCUT2D eigenvalue weighted by Crippen LogP contribution is -2.53. The van der Waals surface area contributed by atoms with Crippen LogP contribution in [0, 0.1) is 0 Å². The van der Waals surface area contributed by atoms with Crippen LogP contribution >= 0.6 is 11.8 Å². The highest BCUT2D eigenvalue weighted by molar-refractivity contribution is 7.99. The molecule has 0 atom stereocenters. The zero-order valence-corrected chi connectivity index (χ0v) is 17.9. The van der Waals surface area contributed by atoms with Crippen LogP contribution < -0.4 is 0 Å². The number of hydrogen-bond donors (Lipinski definition) is 0.